The number of halogens is 1. The summed E-state index contributed by atoms with van der Waals surface area (Å²) < 4.78 is 5.14. The molecular weight excluding hydrogens is 300 g/mol. The Kier molecular flexibility index (Phi) is 5.55. The van der Waals surface area contributed by atoms with Gasteiger partial charge in [-0.3, -0.25) is 4.79 Å². The van der Waals surface area contributed by atoms with Gasteiger partial charge in [-0.25, -0.2) is 5.43 Å². The number of benzene rings is 2. The van der Waals surface area contributed by atoms with Crippen LogP contribution in [0, 0.1) is 0 Å². The van der Waals surface area contributed by atoms with E-state index in [1.807, 2.05) is 24.3 Å². The number of nitrogens with zero attached hydrogens (tertiary/aromatic N) is 1. The first-order valence-corrected chi connectivity index (χ1v) is 7.27. The van der Waals surface area contributed by atoms with Gasteiger partial charge in [-0.1, -0.05) is 42.8 Å². The summed E-state index contributed by atoms with van der Waals surface area (Å²) in [5.74, 6) is 0.0742. The predicted molar refractivity (Wildman–Crippen MR) is 88.9 cm³/mol. The van der Waals surface area contributed by atoms with E-state index in [4.69, 9.17) is 16.3 Å². The van der Waals surface area contributed by atoms with Gasteiger partial charge in [0.2, 0.25) is 0 Å². The zero-order chi connectivity index (χ0) is 15.9. The lowest BCUT2D eigenvalue weighted by atomic mass is 10.1. The molecule has 0 saturated carbocycles. The van der Waals surface area contributed by atoms with E-state index in [1.54, 1.807) is 24.4 Å². The Morgan fingerprint density at radius 1 is 1.27 bits per heavy atom. The van der Waals surface area contributed by atoms with Gasteiger partial charge in [0, 0.05) is 5.02 Å². The molecule has 0 spiro atoms. The summed E-state index contributed by atoms with van der Waals surface area (Å²) in [6.07, 6.45) is 2.58. The van der Waals surface area contributed by atoms with Crippen LogP contribution < -0.4 is 10.2 Å². The van der Waals surface area contributed by atoms with Crippen molar-refractivity contribution in [1.29, 1.82) is 0 Å². The maximum atomic E-state index is 12.1. The second kappa shape index (κ2) is 7.61. The molecule has 0 saturated heterocycles. The maximum Gasteiger partial charge on any atom is 0.275 e. The molecule has 4 nitrogen and oxygen atoms in total. The molecule has 0 bridgehead atoms. The van der Waals surface area contributed by atoms with Crippen molar-refractivity contribution in [2.75, 3.05) is 7.11 Å². The van der Waals surface area contributed by atoms with Crippen molar-refractivity contribution < 1.29 is 9.53 Å². The number of rotatable bonds is 5. The summed E-state index contributed by atoms with van der Waals surface area (Å²) in [5.41, 5.74) is 4.98. The number of carbonyl (C=O) groups is 1. The van der Waals surface area contributed by atoms with Crippen LogP contribution in [0.1, 0.15) is 28.4 Å². The SMILES string of the molecule is CCc1ccc(C=NNC(=O)c2cc(Cl)ccc2OC)cc1. The van der Waals surface area contributed by atoms with Crippen molar-refractivity contribution >= 4 is 23.7 Å². The molecule has 0 fully saturated rings. The quantitative estimate of drug-likeness (QED) is 0.676. The maximum absolute atomic E-state index is 12.1. The van der Waals surface area contributed by atoms with Crippen molar-refractivity contribution in [1.82, 2.24) is 5.43 Å². The van der Waals surface area contributed by atoms with Gasteiger partial charge in [0.1, 0.15) is 5.75 Å². The molecule has 1 N–H and O–H groups in total. The van der Waals surface area contributed by atoms with Crippen LogP contribution in [-0.4, -0.2) is 19.2 Å². The number of ether oxygens (including phenoxy) is 1. The van der Waals surface area contributed by atoms with E-state index >= 15 is 0 Å². The van der Waals surface area contributed by atoms with E-state index in [1.165, 1.54) is 12.7 Å². The molecule has 0 heterocycles. The number of aryl methyl sites for hydroxylation is 1. The molecular formula is C17H17ClN2O2. The number of methoxy groups -OCH3 is 1. The Hall–Kier alpha value is -2.33. The third-order valence-electron chi connectivity index (χ3n) is 3.17. The van der Waals surface area contributed by atoms with E-state index in [2.05, 4.69) is 17.5 Å². The van der Waals surface area contributed by atoms with Crippen LogP contribution >= 0.6 is 11.6 Å². The van der Waals surface area contributed by atoms with Gasteiger partial charge in [-0.2, -0.15) is 5.10 Å². The smallest absolute Gasteiger partial charge is 0.275 e. The molecule has 2 aromatic rings. The number of amides is 1. The highest BCUT2D eigenvalue weighted by atomic mass is 35.5. The molecule has 2 rings (SSSR count). The normalized spacial score (nSPS) is 10.7. The van der Waals surface area contributed by atoms with Gasteiger partial charge in [0.15, 0.2) is 0 Å². The van der Waals surface area contributed by atoms with Gasteiger partial charge in [0.25, 0.3) is 5.91 Å². The molecule has 0 aliphatic carbocycles. The highest BCUT2D eigenvalue weighted by Gasteiger charge is 2.11. The molecule has 0 radical (unpaired) electrons. The fraction of sp³-hybridized carbons (Fsp3) is 0.176. The zero-order valence-electron chi connectivity index (χ0n) is 12.5. The highest BCUT2D eigenvalue weighted by molar-refractivity contribution is 6.31. The molecule has 22 heavy (non-hydrogen) atoms. The van der Waals surface area contributed by atoms with Crippen LogP contribution in [0.4, 0.5) is 0 Å². The van der Waals surface area contributed by atoms with Gasteiger partial charge in [0.05, 0.1) is 18.9 Å². The highest BCUT2D eigenvalue weighted by Crippen LogP contribution is 2.22. The number of hydrazone groups is 1. The van der Waals surface area contributed by atoms with Crippen LogP contribution in [0.3, 0.4) is 0 Å². The second-order valence-corrected chi connectivity index (χ2v) is 5.08. The van der Waals surface area contributed by atoms with Gasteiger partial charge < -0.3 is 4.74 Å². The Morgan fingerprint density at radius 2 is 2.00 bits per heavy atom. The number of hydrogen-bond acceptors (Lipinski definition) is 3. The molecule has 1 amide bonds. The number of hydrogen-bond donors (Lipinski definition) is 1. The van der Waals surface area contributed by atoms with E-state index in [-0.39, 0.29) is 5.91 Å². The minimum Gasteiger partial charge on any atom is -0.496 e. The second-order valence-electron chi connectivity index (χ2n) is 4.64. The molecule has 114 valence electrons. The number of carbonyl (C=O) groups excluding carboxylic acids is 1. The third kappa shape index (κ3) is 4.09. The van der Waals surface area contributed by atoms with Crippen LogP contribution in [0.25, 0.3) is 0 Å². The fourth-order valence-electron chi connectivity index (χ4n) is 1.92. The lowest BCUT2D eigenvalue weighted by Crippen LogP contribution is -2.18. The van der Waals surface area contributed by atoms with Crippen molar-refractivity contribution in [3.63, 3.8) is 0 Å². The Labute approximate surface area is 134 Å². The standard InChI is InChI=1S/C17H17ClN2O2/c1-3-12-4-6-13(7-5-12)11-19-20-17(21)15-10-14(18)8-9-16(15)22-2/h4-11H,3H2,1-2H3,(H,20,21). The lowest BCUT2D eigenvalue weighted by molar-refractivity contribution is 0.0952. The summed E-state index contributed by atoms with van der Waals surface area (Å²) in [5, 5.41) is 4.42. The van der Waals surface area contributed by atoms with E-state index in [0.717, 1.165) is 12.0 Å². The predicted octanol–water partition coefficient (Wildman–Crippen LogP) is 3.67. The average Bonchev–Trinajstić information content (AvgIpc) is 2.55. The van der Waals surface area contributed by atoms with Gasteiger partial charge in [-0.05, 0) is 35.7 Å². The summed E-state index contributed by atoms with van der Waals surface area (Å²) in [4.78, 5) is 12.1. The monoisotopic (exact) mass is 316 g/mol. The van der Waals surface area contributed by atoms with Crippen molar-refractivity contribution in [2.24, 2.45) is 5.10 Å². The number of nitrogens with one attached hydrogen (secondary N) is 1. The molecule has 5 heteroatoms. The van der Waals surface area contributed by atoms with E-state index in [0.29, 0.717) is 16.3 Å². The molecule has 0 aliphatic rings. The first-order chi connectivity index (χ1) is 10.6. The van der Waals surface area contributed by atoms with Crippen LogP contribution in [0.15, 0.2) is 47.6 Å². The topological polar surface area (TPSA) is 50.7 Å². The van der Waals surface area contributed by atoms with E-state index in [9.17, 15) is 4.79 Å². The van der Waals surface area contributed by atoms with E-state index < -0.39 is 0 Å². The Balaban J connectivity index is 2.05. The first-order valence-electron chi connectivity index (χ1n) is 6.90. The Morgan fingerprint density at radius 3 is 2.64 bits per heavy atom. The fourth-order valence-corrected chi connectivity index (χ4v) is 2.09. The van der Waals surface area contributed by atoms with Crippen molar-refractivity contribution in [3.05, 3.63) is 64.2 Å². The molecule has 0 aromatic heterocycles. The minimum atomic E-state index is -0.374. The van der Waals surface area contributed by atoms with Crippen LogP contribution in [0.5, 0.6) is 5.75 Å². The summed E-state index contributed by atoms with van der Waals surface area (Å²) in [7, 11) is 1.50. The molecule has 0 aliphatic heterocycles. The largest absolute Gasteiger partial charge is 0.496 e. The molecule has 0 atom stereocenters. The third-order valence-corrected chi connectivity index (χ3v) is 3.41. The summed E-state index contributed by atoms with van der Waals surface area (Å²) >= 11 is 5.90. The minimum absolute atomic E-state index is 0.341. The molecule has 2 aromatic carbocycles. The van der Waals surface area contributed by atoms with Crippen molar-refractivity contribution in [2.45, 2.75) is 13.3 Å². The van der Waals surface area contributed by atoms with Crippen LogP contribution in [-0.2, 0) is 6.42 Å². The summed E-state index contributed by atoms with van der Waals surface area (Å²) in [6.45, 7) is 2.10. The first kappa shape index (κ1) is 16.0. The zero-order valence-corrected chi connectivity index (χ0v) is 13.2. The Bertz CT molecular complexity index is 682. The molecule has 0 unspecified atom stereocenters. The van der Waals surface area contributed by atoms with Gasteiger partial charge in [-0.15, -0.1) is 0 Å². The lowest BCUT2D eigenvalue weighted by Gasteiger charge is -2.07. The van der Waals surface area contributed by atoms with Gasteiger partial charge >= 0.3 is 0 Å². The van der Waals surface area contributed by atoms with Crippen molar-refractivity contribution in [3.8, 4) is 5.75 Å². The summed E-state index contributed by atoms with van der Waals surface area (Å²) in [6, 6.07) is 12.8. The average molecular weight is 317 g/mol. The van der Waals surface area contributed by atoms with Crippen LogP contribution in [0.2, 0.25) is 5.02 Å².